The lowest BCUT2D eigenvalue weighted by Gasteiger charge is -2.08. The van der Waals surface area contributed by atoms with Gasteiger partial charge < -0.3 is 10.8 Å². The number of hydrogen-bond donors (Lipinski definition) is 2. The highest BCUT2D eigenvalue weighted by Gasteiger charge is 2.04. The fourth-order valence-electron chi connectivity index (χ4n) is 1.36. The average molecular weight is 165 g/mol. The molecule has 1 rings (SSSR count). The minimum atomic E-state index is 0.366. The van der Waals surface area contributed by atoms with E-state index in [4.69, 9.17) is 5.73 Å². The average Bonchev–Trinajstić information content (AvgIpc) is 2.08. The zero-order chi connectivity index (χ0) is 9.14. The number of benzene rings is 1. The second-order valence-electron chi connectivity index (χ2n) is 2.99. The van der Waals surface area contributed by atoms with Crippen molar-refractivity contribution in [3.63, 3.8) is 0 Å². The lowest BCUT2D eigenvalue weighted by Crippen LogP contribution is -1.99. The Balaban J connectivity index is 3.22. The molecular formula is C10H15NO. The lowest BCUT2D eigenvalue weighted by molar-refractivity contribution is 0.461. The Labute approximate surface area is 73.0 Å². The van der Waals surface area contributed by atoms with Crippen LogP contribution in [-0.2, 0) is 13.0 Å². The smallest absolute Gasteiger partial charge is 0.123 e. The van der Waals surface area contributed by atoms with Crippen molar-refractivity contribution in [2.24, 2.45) is 5.73 Å². The highest BCUT2D eigenvalue weighted by molar-refractivity contribution is 5.43. The summed E-state index contributed by atoms with van der Waals surface area (Å²) in [6.45, 7) is 4.44. The van der Waals surface area contributed by atoms with Gasteiger partial charge in [0.15, 0.2) is 0 Å². The Bertz CT molecular complexity index is 256. The Morgan fingerprint density at radius 2 is 1.92 bits per heavy atom. The van der Waals surface area contributed by atoms with Crippen molar-refractivity contribution in [2.45, 2.75) is 26.8 Å². The number of nitrogens with two attached hydrogens (primary N) is 1. The zero-order valence-corrected chi connectivity index (χ0v) is 7.59. The number of hydrogen-bond acceptors (Lipinski definition) is 2. The predicted octanol–water partition coefficient (Wildman–Crippen LogP) is 1.72. The van der Waals surface area contributed by atoms with Crippen molar-refractivity contribution >= 4 is 0 Å². The van der Waals surface area contributed by atoms with Crippen molar-refractivity contribution < 1.29 is 5.11 Å². The van der Waals surface area contributed by atoms with Gasteiger partial charge in [-0.1, -0.05) is 24.6 Å². The van der Waals surface area contributed by atoms with E-state index < -0.39 is 0 Å². The molecule has 2 nitrogen and oxygen atoms in total. The van der Waals surface area contributed by atoms with Gasteiger partial charge in [-0.05, 0) is 18.9 Å². The molecule has 0 saturated carbocycles. The fraction of sp³-hybridized carbons (Fsp3) is 0.400. The minimum absolute atomic E-state index is 0.366. The van der Waals surface area contributed by atoms with Crippen LogP contribution in [0, 0.1) is 6.92 Å². The van der Waals surface area contributed by atoms with Gasteiger partial charge in [0, 0.05) is 12.1 Å². The quantitative estimate of drug-likeness (QED) is 0.701. The molecule has 0 amide bonds. The molecule has 0 saturated heterocycles. The molecule has 0 bridgehead atoms. The van der Waals surface area contributed by atoms with E-state index in [9.17, 15) is 5.11 Å². The van der Waals surface area contributed by atoms with Crippen LogP contribution in [-0.4, -0.2) is 5.11 Å². The van der Waals surface area contributed by atoms with Crippen molar-refractivity contribution in [2.75, 3.05) is 0 Å². The monoisotopic (exact) mass is 165 g/mol. The summed E-state index contributed by atoms with van der Waals surface area (Å²) in [5, 5.41) is 9.63. The number of rotatable bonds is 2. The van der Waals surface area contributed by atoms with Crippen LogP contribution in [0.5, 0.6) is 5.75 Å². The minimum Gasteiger partial charge on any atom is -0.507 e. The summed E-state index contributed by atoms with van der Waals surface area (Å²) in [6, 6.07) is 3.92. The van der Waals surface area contributed by atoms with Gasteiger partial charge in [-0.25, -0.2) is 0 Å². The van der Waals surface area contributed by atoms with Gasteiger partial charge in [0.05, 0.1) is 0 Å². The van der Waals surface area contributed by atoms with Crippen molar-refractivity contribution in [1.29, 1.82) is 0 Å². The summed E-state index contributed by atoms with van der Waals surface area (Å²) in [6.07, 6.45) is 0.848. The third-order valence-corrected chi connectivity index (χ3v) is 2.01. The molecule has 0 radical (unpaired) electrons. The SMILES string of the molecule is CCc1cc(C)cc(CN)c1O. The van der Waals surface area contributed by atoms with Crippen molar-refractivity contribution in [3.05, 3.63) is 28.8 Å². The number of aromatic hydroxyl groups is 1. The summed E-state index contributed by atoms with van der Waals surface area (Å²) < 4.78 is 0. The molecule has 0 aromatic heterocycles. The van der Waals surface area contributed by atoms with Crippen LogP contribution in [0.4, 0.5) is 0 Å². The highest BCUT2D eigenvalue weighted by atomic mass is 16.3. The van der Waals surface area contributed by atoms with Crippen LogP contribution in [0.1, 0.15) is 23.6 Å². The van der Waals surface area contributed by atoms with Crippen LogP contribution >= 0.6 is 0 Å². The molecule has 0 aliphatic heterocycles. The first-order chi connectivity index (χ1) is 5.69. The first-order valence-electron chi connectivity index (χ1n) is 4.20. The normalized spacial score (nSPS) is 10.2. The van der Waals surface area contributed by atoms with Gasteiger partial charge in [-0.3, -0.25) is 0 Å². The highest BCUT2D eigenvalue weighted by Crippen LogP contribution is 2.24. The molecule has 0 atom stereocenters. The van der Waals surface area contributed by atoms with E-state index >= 15 is 0 Å². The van der Waals surface area contributed by atoms with E-state index in [0.29, 0.717) is 12.3 Å². The maximum atomic E-state index is 9.63. The van der Waals surface area contributed by atoms with Crippen molar-refractivity contribution in [1.82, 2.24) is 0 Å². The largest absolute Gasteiger partial charge is 0.507 e. The van der Waals surface area contributed by atoms with Gasteiger partial charge in [-0.15, -0.1) is 0 Å². The van der Waals surface area contributed by atoms with Crippen LogP contribution in [0.15, 0.2) is 12.1 Å². The van der Waals surface area contributed by atoms with E-state index in [-0.39, 0.29) is 0 Å². The fourth-order valence-corrected chi connectivity index (χ4v) is 1.36. The molecule has 0 aliphatic rings. The molecule has 0 aliphatic carbocycles. The number of phenols is 1. The molecule has 0 unspecified atom stereocenters. The molecule has 3 N–H and O–H groups in total. The second-order valence-corrected chi connectivity index (χ2v) is 2.99. The Kier molecular flexibility index (Phi) is 2.71. The molecule has 0 fully saturated rings. The predicted molar refractivity (Wildman–Crippen MR) is 50.1 cm³/mol. The third-order valence-electron chi connectivity index (χ3n) is 2.01. The van der Waals surface area contributed by atoms with Gasteiger partial charge >= 0.3 is 0 Å². The number of aryl methyl sites for hydroxylation is 2. The van der Waals surface area contributed by atoms with Gasteiger partial charge in [-0.2, -0.15) is 0 Å². The molecule has 66 valence electrons. The van der Waals surface area contributed by atoms with Crippen LogP contribution < -0.4 is 5.73 Å². The van der Waals surface area contributed by atoms with E-state index in [1.54, 1.807) is 0 Å². The zero-order valence-electron chi connectivity index (χ0n) is 7.59. The third kappa shape index (κ3) is 1.59. The summed E-state index contributed by atoms with van der Waals surface area (Å²) in [5.74, 6) is 0.366. The molecule has 0 spiro atoms. The Morgan fingerprint density at radius 1 is 1.33 bits per heavy atom. The summed E-state index contributed by atoms with van der Waals surface area (Å²) in [4.78, 5) is 0. The molecule has 2 heteroatoms. The van der Waals surface area contributed by atoms with Gasteiger partial charge in [0.2, 0.25) is 0 Å². The maximum Gasteiger partial charge on any atom is 0.123 e. The summed E-state index contributed by atoms with van der Waals surface area (Å²) in [7, 11) is 0. The summed E-state index contributed by atoms with van der Waals surface area (Å²) >= 11 is 0. The summed E-state index contributed by atoms with van der Waals surface area (Å²) in [5.41, 5.74) is 8.46. The van der Waals surface area contributed by atoms with Gasteiger partial charge in [0.25, 0.3) is 0 Å². The van der Waals surface area contributed by atoms with E-state index in [0.717, 1.165) is 23.1 Å². The molecule has 12 heavy (non-hydrogen) atoms. The van der Waals surface area contributed by atoms with Gasteiger partial charge in [0.1, 0.15) is 5.75 Å². The molecule has 1 aromatic rings. The van der Waals surface area contributed by atoms with E-state index in [1.165, 1.54) is 0 Å². The second kappa shape index (κ2) is 3.59. The topological polar surface area (TPSA) is 46.2 Å². The molecular weight excluding hydrogens is 150 g/mol. The van der Waals surface area contributed by atoms with Crippen molar-refractivity contribution in [3.8, 4) is 5.75 Å². The van der Waals surface area contributed by atoms with Crippen LogP contribution in [0.3, 0.4) is 0 Å². The van der Waals surface area contributed by atoms with E-state index in [2.05, 4.69) is 0 Å². The molecule has 1 aromatic carbocycles. The Hall–Kier alpha value is -1.02. The first-order valence-corrected chi connectivity index (χ1v) is 4.20. The Morgan fingerprint density at radius 3 is 2.42 bits per heavy atom. The molecule has 0 heterocycles. The standard InChI is InChI=1S/C10H15NO/c1-3-8-4-7(2)5-9(6-11)10(8)12/h4-5,12H,3,6,11H2,1-2H3. The lowest BCUT2D eigenvalue weighted by atomic mass is 10.0. The maximum absolute atomic E-state index is 9.63. The van der Waals surface area contributed by atoms with Crippen LogP contribution in [0.2, 0.25) is 0 Å². The van der Waals surface area contributed by atoms with Crippen LogP contribution in [0.25, 0.3) is 0 Å². The first kappa shape index (κ1) is 9.07. The van der Waals surface area contributed by atoms with E-state index in [1.807, 2.05) is 26.0 Å². The number of phenolic OH excluding ortho intramolecular Hbond substituents is 1.